The predicted molar refractivity (Wildman–Crippen MR) is 239 cm³/mol. The number of unbranched alkanes of at least 4 members (excludes halogenated alkanes) is 16. The highest BCUT2D eigenvalue weighted by atomic mass is 31.2. The highest BCUT2D eigenvalue weighted by molar-refractivity contribution is 7.47. The number of phosphoric ester groups is 1. The first kappa shape index (κ1) is 55.4. The van der Waals surface area contributed by atoms with E-state index in [-0.39, 0.29) is 32.6 Å². The first-order valence-electron chi connectivity index (χ1n) is 22.5. The van der Waals surface area contributed by atoms with Crippen LogP contribution >= 0.6 is 7.82 Å². The number of hydrogen-bond donors (Lipinski definition) is 3. The molecule has 58 heavy (non-hydrogen) atoms. The van der Waals surface area contributed by atoms with Crippen LogP contribution < -0.4 is 5.73 Å². The minimum absolute atomic E-state index is 0.0333. The van der Waals surface area contributed by atoms with Gasteiger partial charge >= 0.3 is 19.8 Å². The average Bonchev–Trinajstić information content (AvgIpc) is 3.21. The van der Waals surface area contributed by atoms with Crippen LogP contribution in [0, 0.1) is 0 Å². The van der Waals surface area contributed by atoms with E-state index in [9.17, 15) is 24.2 Å². The molecular formula is C47H82NO9P. The summed E-state index contributed by atoms with van der Waals surface area (Å²) >= 11 is 0. The number of hydrogen-bond acceptors (Lipinski definition) is 9. The lowest BCUT2D eigenvalue weighted by atomic mass is 10.1. The van der Waals surface area contributed by atoms with Gasteiger partial charge in [-0.3, -0.25) is 18.6 Å². The van der Waals surface area contributed by atoms with Crippen molar-refractivity contribution >= 4 is 19.8 Å². The third-order valence-electron chi connectivity index (χ3n) is 9.16. The molecule has 0 aromatic carbocycles. The van der Waals surface area contributed by atoms with Crippen LogP contribution in [0.5, 0.6) is 0 Å². The second kappa shape index (κ2) is 42.5. The van der Waals surface area contributed by atoms with E-state index in [4.69, 9.17) is 24.3 Å². The molecule has 0 amide bonds. The standard InChI is InChI=1S/C47H82NO9P/c1-3-5-7-9-11-12-13-14-15-16-17-18-19-20-21-22-27-31-35-39-47(51)57-45(43-56-58(52,53)55-41-40-48)42-54-46(50)38-34-30-26-24-23-25-29-33-37-44(49)36-32-28-10-8-6-4-2/h6,8,14-15,24-26,28-29,32-33,37,44-45,49H,3-5,7,9-13,16-23,27,30-31,34-36,38-43,48H2,1-2H3,(H,52,53)/b8-6-,15-14-,26-24-,29-25-,32-28-,37-33+/t44?,45-/m1/s1. The molecule has 11 heteroatoms. The van der Waals surface area contributed by atoms with Crippen molar-refractivity contribution in [2.75, 3.05) is 26.4 Å². The van der Waals surface area contributed by atoms with Gasteiger partial charge in [0.15, 0.2) is 6.10 Å². The van der Waals surface area contributed by atoms with Gasteiger partial charge in [-0.2, -0.15) is 0 Å². The smallest absolute Gasteiger partial charge is 0.462 e. The molecule has 2 unspecified atom stereocenters. The second-order valence-corrected chi connectivity index (χ2v) is 16.2. The molecule has 0 saturated heterocycles. The van der Waals surface area contributed by atoms with E-state index in [1.807, 2.05) is 36.5 Å². The topological polar surface area (TPSA) is 155 Å². The highest BCUT2D eigenvalue weighted by Crippen LogP contribution is 2.43. The van der Waals surface area contributed by atoms with Crippen LogP contribution in [0.4, 0.5) is 0 Å². The lowest BCUT2D eigenvalue weighted by Gasteiger charge is -2.19. The van der Waals surface area contributed by atoms with Crippen LogP contribution in [0.3, 0.4) is 0 Å². The second-order valence-electron chi connectivity index (χ2n) is 14.7. The van der Waals surface area contributed by atoms with Crippen LogP contribution in [0.15, 0.2) is 72.9 Å². The summed E-state index contributed by atoms with van der Waals surface area (Å²) in [5, 5.41) is 10.0. The van der Waals surface area contributed by atoms with Crippen molar-refractivity contribution < 1.29 is 42.7 Å². The number of ether oxygens (including phenoxy) is 2. The molecule has 3 atom stereocenters. The van der Waals surface area contributed by atoms with Gasteiger partial charge in [-0.25, -0.2) is 4.57 Å². The molecule has 4 N–H and O–H groups in total. The maximum atomic E-state index is 12.6. The molecule has 0 heterocycles. The SMILES string of the molecule is CC/C=C\C/C=C\CC(O)/C=C/C=C\C/C=C\CCCC(=O)OC[C@H](COP(=O)(O)OCCN)OC(=O)CCCCCCCCCCC/C=C\CCCCCCCC. The van der Waals surface area contributed by atoms with E-state index >= 15 is 0 Å². The quantitative estimate of drug-likeness (QED) is 0.0178. The Hall–Kier alpha value is -2.59. The van der Waals surface area contributed by atoms with E-state index in [0.717, 1.165) is 38.5 Å². The molecule has 0 fully saturated rings. The van der Waals surface area contributed by atoms with Crippen molar-refractivity contribution in [3.05, 3.63) is 72.9 Å². The van der Waals surface area contributed by atoms with Gasteiger partial charge in [0.2, 0.25) is 0 Å². The first-order valence-corrected chi connectivity index (χ1v) is 24.0. The summed E-state index contributed by atoms with van der Waals surface area (Å²) in [7, 11) is -4.41. The molecule has 0 aliphatic heterocycles. The minimum Gasteiger partial charge on any atom is -0.462 e. The molecule has 0 spiro atoms. The molecule has 0 bridgehead atoms. The van der Waals surface area contributed by atoms with Crippen molar-refractivity contribution in [2.24, 2.45) is 5.73 Å². The van der Waals surface area contributed by atoms with E-state index in [1.165, 1.54) is 83.5 Å². The predicted octanol–water partition coefficient (Wildman–Crippen LogP) is 12.0. The number of carbonyl (C=O) groups excluding carboxylic acids is 2. The summed E-state index contributed by atoms with van der Waals surface area (Å²) < 4.78 is 32.7. The highest BCUT2D eigenvalue weighted by Gasteiger charge is 2.26. The molecule has 0 aromatic heterocycles. The van der Waals surface area contributed by atoms with E-state index in [1.54, 1.807) is 6.08 Å². The summed E-state index contributed by atoms with van der Waals surface area (Å²) in [5.41, 5.74) is 5.34. The van der Waals surface area contributed by atoms with E-state index in [0.29, 0.717) is 25.7 Å². The lowest BCUT2D eigenvalue weighted by Crippen LogP contribution is -2.29. The summed E-state index contributed by atoms with van der Waals surface area (Å²) in [5.74, 6) is -0.942. The van der Waals surface area contributed by atoms with Crippen LogP contribution in [-0.2, 0) is 32.7 Å². The maximum Gasteiger partial charge on any atom is 0.472 e. The van der Waals surface area contributed by atoms with Crippen LogP contribution in [0.1, 0.15) is 174 Å². The third-order valence-corrected chi connectivity index (χ3v) is 10.1. The Bertz CT molecular complexity index is 1200. The van der Waals surface area contributed by atoms with Gasteiger partial charge in [0, 0.05) is 19.4 Å². The molecule has 0 radical (unpaired) electrons. The fraction of sp³-hybridized carbons (Fsp3) is 0.702. The minimum atomic E-state index is -4.41. The van der Waals surface area contributed by atoms with Crippen molar-refractivity contribution in [3.8, 4) is 0 Å². The molecule has 0 saturated carbocycles. The Morgan fingerprint density at radius 3 is 1.83 bits per heavy atom. The Labute approximate surface area is 353 Å². The molecular weight excluding hydrogens is 753 g/mol. The van der Waals surface area contributed by atoms with Crippen molar-refractivity contribution in [3.63, 3.8) is 0 Å². The summed E-state index contributed by atoms with van der Waals surface area (Å²) in [4.78, 5) is 34.9. The molecule has 0 aliphatic carbocycles. The maximum absolute atomic E-state index is 12.6. The van der Waals surface area contributed by atoms with Gasteiger partial charge in [-0.05, 0) is 70.6 Å². The van der Waals surface area contributed by atoms with E-state index < -0.39 is 38.6 Å². The average molecular weight is 836 g/mol. The number of nitrogens with two attached hydrogens (primary N) is 1. The summed E-state index contributed by atoms with van der Waals surface area (Å²) in [6.07, 6.45) is 48.2. The Kier molecular flexibility index (Phi) is 40.6. The van der Waals surface area contributed by atoms with Gasteiger partial charge in [0.05, 0.1) is 19.3 Å². The van der Waals surface area contributed by atoms with Crippen molar-refractivity contribution in [2.45, 2.75) is 187 Å². The number of phosphoric acid groups is 1. The molecule has 0 aromatic rings. The summed E-state index contributed by atoms with van der Waals surface area (Å²) in [6.45, 7) is 3.45. The van der Waals surface area contributed by atoms with Gasteiger partial charge < -0.3 is 25.2 Å². The molecule has 0 aliphatic rings. The van der Waals surface area contributed by atoms with Crippen LogP contribution in [0.2, 0.25) is 0 Å². The van der Waals surface area contributed by atoms with Crippen molar-refractivity contribution in [1.29, 1.82) is 0 Å². The first-order chi connectivity index (χ1) is 28.2. The zero-order valence-corrected chi connectivity index (χ0v) is 37.3. The number of carbonyl (C=O) groups is 2. The van der Waals surface area contributed by atoms with Crippen LogP contribution in [-0.4, -0.2) is 60.5 Å². The van der Waals surface area contributed by atoms with Gasteiger partial charge in [0.25, 0.3) is 0 Å². The number of rotatable bonds is 41. The molecule has 0 rings (SSSR count). The Morgan fingerprint density at radius 1 is 0.621 bits per heavy atom. The largest absolute Gasteiger partial charge is 0.472 e. The number of aliphatic hydroxyl groups excluding tert-OH is 1. The zero-order chi connectivity index (χ0) is 42.6. The Balaban J connectivity index is 4.28. The Morgan fingerprint density at radius 2 is 1.17 bits per heavy atom. The van der Waals surface area contributed by atoms with E-state index in [2.05, 4.69) is 44.2 Å². The van der Waals surface area contributed by atoms with Crippen LogP contribution in [0.25, 0.3) is 0 Å². The van der Waals surface area contributed by atoms with Gasteiger partial charge in [-0.1, -0.05) is 164 Å². The third kappa shape index (κ3) is 41.6. The number of allylic oxidation sites excluding steroid dienone is 10. The van der Waals surface area contributed by atoms with Crippen molar-refractivity contribution in [1.82, 2.24) is 0 Å². The normalized spacial score (nSPS) is 14.5. The summed E-state index contributed by atoms with van der Waals surface area (Å²) in [6, 6.07) is 0. The van der Waals surface area contributed by atoms with Gasteiger partial charge in [0.1, 0.15) is 6.61 Å². The fourth-order valence-corrected chi connectivity index (χ4v) is 6.57. The zero-order valence-electron chi connectivity index (χ0n) is 36.4. The number of aliphatic hydroxyl groups is 1. The monoisotopic (exact) mass is 836 g/mol. The fourth-order valence-electron chi connectivity index (χ4n) is 5.81. The van der Waals surface area contributed by atoms with Gasteiger partial charge in [-0.15, -0.1) is 0 Å². The lowest BCUT2D eigenvalue weighted by molar-refractivity contribution is -0.161. The molecule has 334 valence electrons. The molecule has 10 nitrogen and oxygen atoms in total. The number of esters is 2.